The molecule has 0 atom stereocenters. The molecule has 156 valence electrons. The minimum Gasteiger partial charge on any atom is -0.493 e. The molecule has 0 bridgehead atoms. The number of carboxylic acids is 1. The number of carboxylic acid groups (broad SMARTS) is 1. The summed E-state index contributed by atoms with van der Waals surface area (Å²) >= 11 is 0. The van der Waals surface area contributed by atoms with Crippen molar-refractivity contribution in [1.29, 1.82) is 0 Å². The Morgan fingerprint density at radius 2 is 1.77 bits per heavy atom. The highest BCUT2D eigenvalue weighted by Gasteiger charge is 2.10. The Balaban J connectivity index is 1.81. The molecule has 3 N–H and O–H groups in total. The number of pyridine rings is 1. The summed E-state index contributed by atoms with van der Waals surface area (Å²) in [5.74, 6) is 1.95. The summed E-state index contributed by atoms with van der Waals surface area (Å²) in [4.78, 5) is 24.1. The van der Waals surface area contributed by atoms with Crippen LogP contribution in [0.25, 0.3) is 11.5 Å². The fourth-order valence-corrected chi connectivity index (χ4v) is 2.72. The molecule has 2 aromatic heterocycles. The van der Waals surface area contributed by atoms with Gasteiger partial charge < -0.3 is 25.2 Å². The van der Waals surface area contributed by atoms with Gasteiger partial charge in [0, 0.05) is 25.4 Å². The first kappa shape index (κ1) is 20.8. The molecule has 30 heavy (non-hydrogen) atoms. The number of nitrogens with zero attached hydrogens (tertiary/aromatic N) is 3. The highest BCUT2D eigenvalue weighted by atomic mass is 16.5. The molecule has 3 aromatic rings. The number of methoxy groups -OCH3 is 2. The minimum atomic E-state index is -0.881. The Kier molecular flexibility index (Phi) is 6.99. The number of nitrogens with one attached hydrogen (secondary N) is 2. The second-order valence-corrected chi connectivity index (χ2v) is 6.29. The average molecular weight is 409 g/mol. The van der Waals surface area contributed by atoms with Crippen molar-refractivity contribution in [2.24, 2.45) is 0 Å². The summed E-state index contributed by atoms with van der Waals surface area (Å²) < 4.78 is 10.6. The average Bonchev–Trinajstić information content (AvgIpc) is 2.77. The van der Waals surface area contributed by atoms with Crippen LogP contribution in [0.1, 0.15) is 12.0 Å². The molecule has 3 rings (SSSR count). The molecule has 9 nitrogen and oxygen atoms in total. The SMILES string of the molecule is COc1ccc(CNc2cc(NCCC(=O)O)nc(-c3ccccn3)n2)cc1OC. The second kappa shape index (κ2) is 10.1. The molecule has 1 aromatic carbocycles. The van der Waals surface area contributed by atoms with E-state index in [1.165, 1.54) is 0 Å². The van der Waals surface area contributed by atoms with Crippen LogP contribution in [0.15, 0.2) is 48.7 Å². The van der Waals surface area contributed by atoms with Crippen molar-refractivity contribution in [1.82, 2.24) is 15.0 Å². The number of carbonyl (C=O) groups is 1. The third-order valence-corrected chi connectivity index (χ3v) is 4.19. The number of aliphatic carboxylic acids is 1. The third kappa shape index (κ3) is 5.57. The van der Waals surface area contributed by atoms with Crippen molar-refractivity contribution in [3.63, 3.8) is 0 Å². The molecular formula is C21H23N5O4. The second-order valence-electron chi connectivity index (χ2n) is 6.29. The van der Waals surface area contributed by atoms with Gasteiger partial charge in [0.2, 0.25) is 0 Å². The molecule has 0 saturated heterocycles. The van der Waals surface area contributed by atoms with Gasteiger partial charge in [0.25, 0.3) is 0 Å². The Bertz CT molecular complexity index is 998. The van der Waals surface area contributed by atoms with Crippen molar-refractivity contribution >= 4 is 17.6 Å². The van der Waals surface area contributed by atoms with Gasteiger partial charge in [0.05, 0.1) is 20.6 Å². The molecule has 0 radical (unpaired) electrons. The maximum absolute atomic E-state index is 10.8. The summed E-state index contributed by atoms with van der Waals surface area (Å²) in [7, 11) is 3.18. The first-order valence-corrected chi connectivity index (χ1v) is 9.30. The smallest absolute Gasteiger partial charge is 0.305 e. The Morgan fingerprint density at radius 1 is 1.00 bits per heavy atom. The topological polar surface area (TPSA) is 118 Å². The summed E-state index contributed by atoms with van der Waals surface area (Å²) in [6.45, 7) is 0.747. The third-order valence-electron chi connectivity index (χ3n) is 4.19. The van der Waals surface area contributed by atoms with Crippen molar-refractivity contribution in [3.8, 4) is 23.0 Å². The molecule has 0 aliphatic rings. The summed E-state index contributed by atoms with van der Waals surface area (Å²) in [5, 5.41) is 15.1. The lowest BCUT2D eigenvalue weighted by molar-refractivity contribution is -0.136. The molecule has 0 aliphatic carbocycles. The quantitative estimate of drug-likeness (QED) is 0.464. The Hall–Kier alpha value is -3.88. The Morgan fingerprint density at radius 3 is 2.43 bits per heavy atom. The molecule has 9 heteroatoms. The molecule has 0 fully saturated rings. The van der Waals surface area contributed by atoms with E-state index in [-0.39, 0.29) is 13.0 Å². The van der Waals surface area contributed by atoms with Crippen LogP contribution in [-0.4, -0.2) is 46.8 Å². The Labute approximate surface area is 174 Å². The molecule has 2 heterocycles. The number of rotatable bonds is 10. The van der Waals surface area contributed by atoms with Gasteiger partial charge in [0.15, 0.2) is 17.3 Å². The van der Waals surface area contributed by atoms with Gasteiger partial charge in [-0.1, -0.05) is 12.1 Å². The zero-order valence-electron chi connectivity index (χ0n) is 16.8. The standard InChI is InChI=1S/C21H23N5O4/c1-29-16-7-6-14(11-17(16)30-2)13-24-19-12-18(23-10-8-20(27)28)25-21(26-19)15-5-3-4-9-22-15/h3-7,9,11-12H,8,10,13H2,1-2H3,(H,27,28)(H2,23,24,25,26). The molecule has 0 aliphatic heterocycles. The maximum Gasteiger partial charge on any atom is 0.305 e. The normalized spacial score (nSPS) is 10.3. The number of ether oxygens (including phenoxy) is 2. The van der Waals surface area contributed by atoms with Crippen molar-refractivity contribution in [2.45, 2.75) is 13.0 Å². The summed E-state index contributed by atoms with van der Waals surface area (Å²) in [6, 6.07) is 12.9. The van der Waals surface area contributed by atoms with Gasteiger partial charge in [0.1, 0.15) is 17.3 Å². The predicted molar refractivity (Wildman–Crippen MR) is 113 cm³/mol. The zero-order chi connectivity index (χ0) is 21.3. The van der Waals surface area contributed by atoms with E-state index in [9.17, 15) is 4.79 Å². The van der Waals surface area contributed by atoms with Gasteiger partial charge in [-0.2, -0.15) is 0 Å². The maximum atomic E-state index is 10.8. The molecule has 0 unspecified atom stereocenters. The van der Waals surface area contributed by atoms with Crippen molar-refractivity contribution in [2.75, 3.05) is 31.4 Å². The van der Waals surface area contributed by atoms with Crippen LogP contribution in [-0.2, 0) is 11.3 Å². The van der Waals surface area contributed by atoms with Crippen LogP contribution in [0.2, 0.25) is 0 Å². The molecule has 0 spiro atoms. The van der Waals surface area contributed by atoms with Crippen molar-refractivity contribution < 1.29 is 19.4 Å². The zero-order valence-corrected chi connectivity index (χ0v) is 16.8. The number of hydrogen-bond acceptors (Lipinski definition) is 8. The highest BCUT2D eigenvalue weighted by molar-refractivity contribution is 5.67. The molecule has 0 amide bonds. The van der Waals surface area contributed by atoms with Gasteiger partial charge in [-0.15, -0.1) is 0 Å². The van der Waals surface area contributed by atoms with Crippen LogP contribution < -0.4 is 20.1 Å². The highest BCUT2D eigenvalue weighted by Crippen LogP contribution is 2.28. The van der Waals surface area contributed by atoms with Gasteiger partial charge in [-0.25, -0.2) is 9.97 Å². The van der Waals surface area contributed by atoms with Crippen molar-refractivity contribution in [3.05, 3.63) is 54.2 Å². The van der Waals surface area contributed by atoms with Gasteiger partial charge >= 0.3 is 5.97 Å². The summed E-state index contributed by atoms with van der Waals surface area (Å²) in [5.41, 5.74) is 1.60. The molecule has 0 saturated carbocycles. The fourth-order valence-electron chi connectivity index (χ4n) is 2.72. The van der Waals surface area contributed by atoms with E-state index in [2.05, 4.69) is 25.6 Å². The van der Waals surface area contributed by atoms with Crippen LogP contribution >= 0.6 is 0 Å². The van der Waals surface area contributed by atoms with E-state index < -0.39 is 5.97 Å². The van der Waals surface area contributed by atoms with Crippen LogP contribution in [0.5, 0.6) is 11.5 Å². The van der Waals surface area contributed by atoms with Crippen LogP contribution in [0, 0.1) is 0 Å². The van der Waals surface area contributed by atoms with Crippen LogP contribution in [0.4, 0.5) is 11.6 Å². The largest absolute Gasteiger partial charge is 0.493 e. The number of benzene rings is 1. The predicted octanol–water partition coefficient (Wildman–Crippen LogP) is 3.05. The lowest BCUT2D eigenvalue weighted by Gasteiger charge is -2.12. The van der Waals surface area contributed by atoms with E-state index in [1.807, 2.05) is 36.4 Å². The van der Waals surface area contributed by atoms with E-state index >= 15 is 0 Å². The monoisotopic (exact) mass is 409 g/mol. The number of anilines is 2. The van der Waals surface area contributed by atoms with E-state index in [0.717, 1.165) is 5.56 Å². The molecular weight excluding hydrogens is 386 g/mol. The summed E-state index contributed by atoms with van der Waals surface area (Å²) in [6.07, 6.45) is 1.65. The minimum absolute atomic E-state index is 0.0165. The van der Waals surface area contributed by atoms with E-state index in [1.54, 1.807) is 26.5 Å². The van der Waals surface area contributed by atoms with Crippen LogP contribution in [0.3, 0.4) is 0 Å². The number of hydrogen-bond donors (Lipinski definition) is 3. The van der Waals surface area contributed by atoms with E-state index in [4.69, 9.17) is 14.6 Å². The first-order valence-electron chi connectivity index (χ1n) is 9.30. The lowest BCUT2D eigenvalue weighted by Crippen LogP contribution is -2.11. The lowest BCUT2D eigenvalue weighted by atomic mass is 10.2. The van der Waals surface area contributed by atoms with E-state index in [0.29, 0.717) is 41.2 Å². The van der Waals surface area contributed by atoms with Gasteiger partial charge in [-0.05, 0) is 29.8 Å². The number of aromatic nitrogens is 3. The fraction of sp³-hybridized carbons (Fsp3) is 0.238. The first-order chi connectivity index (χ1) is 14.6. The van der Waals surface area contributed by atoms with Gasteiger partial charge in [-0.3, -0.25) is 9.78 Å².